The van der Waals surface area contributed by atoms with E-state index in [4.69, 9.17) is 6.42 Å². The number of carbonyl (C=O) groups excluding carboxylic acids is 1. The van der Waals surface area contributed by atoms with Crippen molar-refractivity contribution >= 4 is 53.3 Å². The first kappa shape index (κ1) is 22.6. The predicted molar refractivity (Wildman–Crippen MR) is 122 cm³/mol. The number of benzene rings is 1. The molecule has 2 N–H and O–H groups in total. The normalized spacial score (nSPS) is 17.3. The van der Waals surface area contributed by atoms with Crippen molar-refractivity contribution in [1.29, 1.82) is 0 Å². The fourth-order valence-corrected chi connectivity index (χ4v) is 3.95. The second-order valence-electron chi connectivity index (χ2n) is 6.27. The van der Waals surface area contributed by atoms with E-state index in [2.05, 4.69) is 40.3 Å². The van der Waals surface area contributed by atoms with Crippen LogP contribution in [0.25, 0.3) is 0 Å². The smallest absolute Gasteiger partial charge is 0.243 e. The molecule has 1 aromatic rings. The summed E-state index contributed by atoms with van der Waals surface area (Å²) < 4.78 is 0. The molecule has 1 fully saturated rings. The number of nitrogens with zero attached hydrogens (tertiary/aromatic N) is 2. The summed E-state index contributed by atoms with van der Waals surface area (Å²) in [4.78, 5) is 18.7. The minimum absolute atomic E-state index is 0. The van der Waals surface area contributed by atoms with Gasteiger partial charge in [-0.25, -0.2) is 0 Å². The van der Waals surface area contributed by atoms with Gasteiger partial charge in [-0.1, -0.05) is 25.8 Å². The van der Waals surface area contributed by atoms with E-state index < -0.39 is 0 Å². The van der Waals surface area contributed by atoms with Crippen molar-refractivity contribution < 1.29 is 4.79 Å². The van der Waals surface area contributed by atoms with Gasteiger partial charge in [-0.15, -0.1) is 30.4 Å². The van der Waals surface area contributed by atoms with Crippen molar-refractivity contribution in [2.45, 2.75) is 19.1 Å². The van der Waals surface area contributed by atoms with E-state index in [1.165, 1.54) is 0 Å². The third-order valence-electron chi connectivity index (χ3n) is 4.07. The van der Waals surface area contributed by atoms with Crippen molar-refractivity contribution in [2.24, 2.45) is 10.9 Å². The zero-order valence-electron chi connectivity index (χ0n) is 15.5. The maximum Gasteiger partial charge on any atom is 0.243 e. The fourth-order valence-electron chi connectivity index (χ4n) is 2.65. The van der Waals surface area contributed by atoms with Crippen LogP contribution >= 0.6 is 35.7 Å². The van der Waals surface area contributed by atoms with E-state index in [1.807, 2.05) is 30.0 Å². The largest absolute Gasteiger partial charge is 0.347 e. The van der Waals surface area contributed by atoms with Crippen LogP contribution in [0.15, 0.2) is 29.3 Å². The van der Waals surface area contributed by atoms with E-state index >= 15 is 0 Å². The zero-order valence-corrected chi connectivity index (χ0v) is 18.6. The van der Waals surface area contributed by atoms with Gasteiger partial charge in [0.1, 0.15) is 0 Å². The predicted octanol–water partition coefficient (Wildman–Crippen LogP) is 2.87. The highest BCUT2D eigenvalue weighted by Crippen LogP contribution is 2.24. The molecular weight excluding hydrogens is 459 g/mol. The van der Waals surface area contributed by atoms with Crippen molar-refractivity contribution in [1.82, 2.24) is 10.2 Å². The van der Waals surface area contributed by atoms with Gasteiger partial charge >= 0.3 is 0 Å². The van der Waals surface area contributed by atoms with Gasteiger partial charge in [0.05, 0.1) is 6.54 Å². The minimum atomic E-state index is -0.123. The standard InChI is InChI=1S/C19H26N4OS.HI/c1-5-15-7-6-8-16(11-15)22-18(24)12-21-19(20-4)23-9-10-25-17(13-23)14(2)3;/h1,6-8,11,14,17H,9-10,12-13H2,2-4H3,(H,20,21)(H,22,24);1H. The Morgan fingerprint density at radius 3 is 2.92 bits per heavy atom. The van der Waals surface area contributed by atoms with Crippen LogP contribution in [-0.2, 0) is 4.79 Å². The number of thioether (sulfide) groups is 1. The monoisotopic (exact) mass is 486 g/mol. The third-order valence-corrected chi connectivity index (χ3v) is 5.61. The molecule has 7 heteroatoms. The summed E-state index contributed by atoms with van der Waals surface area (Å²) in [5.74, 6) is 4.92. The first-order valence-electron chi connectivity index (χ1n) is 8.47. The van der Waals surface area contributed by atoms with Crippen LogP contribution in [0.5, 0.6) is 0 Å². The molecule has 26 heavy (non-hydrogen) atoms. The molecule has 2 rings (SSSR count). The lowest BCUT2D eigenvalue weighted by Gasteiger charge is -2.36. The van der Waals surface area contributed by atoms with Crippen LogP contribution in [0.1, 0.15) is 19.4 Å². The molecule has 1 atom stereocenters. The highest BCUT2D eigenvalue weighted by Gasteiger charge is 2.25. The first-order valence-corrected chi connectivity index (χ1v) is 9.52. The average Bonchev–Trinajstić information content (AvgIpc) is 2.62. The summed E-state index contributed by atoms with van der Waals surface area (Å²) in [6, 6.07) is 7.26. The van der Waals surface area contributed by atoms with Crippen LogP contribution in [0.2, 0.25) is 0 Å². The molecule has 1 saturated heterocycles. The van der Waals surface area contributed by atoms with E-state index in [9.17, 15) is 4.79 Å². The minimum Gasteiger partial charge on any atom is -0.347 e. The average molecular weight is 486 g/mol. The quantitative estimate of drug-likeness (QED) is 0.298. The van der Waals surface area contributed by atoms with Gasteiger partial charge in [0, 0.05) is 42.4 Å². The Hall–Kier alpha value is -1.40. The van der Waals surface area contributed by atoms with Gasteiger partial charge in [0.25, 0.3) is 0 Å². The van der Waals surface area contributed by atoms with Crippen molar-refractivity contribution in [3.05, 3.63) is 29.8 Å². The molecule has 1 aliphatic rings. The highest BCUT2D eigenvalue weighted by molar-refractivity contribution is 14.0. The number of nitrogens with one attached hydrogen (secondary N) is 2. The number of hydrogen-bond donors (Lipinski definition) is 2. The molecule has 1 unspecified atom stereocenters. The Bertz CT molecular complexity index is 672. The first-order chi connectivity index (χ1) is 12.0. The Labute approximate surface area is 177 Å². The Morgan fingerprint density at radius 2 is 2.27 bits per heavy atom. The molecule has 0 saturated carbocycles. The van der Waals surface area contributed by atoms with Crippen LogP contribution in [0.4, 0.5) is 5.69 Å². The van der Waals surface area contributed by atoms with Gasteiger partial charge in [-0.05, 0) is 24.1 Å². The molecule has 0 radical (unpaired) electrons. The van der Waals surface area contributed by atoms with Crippen LogP contribution < -0.4 is 10.6 Å². The lowest BCUT2D eigenvalue weighted by Crippen LogP contribution is -2.50. The summed E-state index contributed by atoms with van der Waals surface area (Å²) in [5, 5.41) is 6.60. The molecule has 1 amide bonds. The number of amides is 1. The molecule has 1 aliphatic heterocycles. The highest BCUT2D eigenvalue weighted by atomic mass is 127. The number of carbonyl (C=O) groups is 1. The van der Waals surface area contributed by atoms with E-state index in [1.54, 1.807) is 13.1 Å². The van der Waals surface area contributed by atoms with Gasteiger partial charge in [0.15, 0.2) is 5.96 Å². The summed E-state index contributed by atoms with van der Waals surface area (Å²) in [5.41, 5.74) is 1.44. The zero-order chi connectivity index (χ0) is 18.2. The second kappa shape index (κ2) is 11.3. The SMILES string of the molecule is C#Cc1cccc(NC(=O)CNC(=NC)N2CCSC(C(C)C)C2)c1.I. The van der Waals surface area contributed by atoms with Gasteiger partial charge in [0.2, 0.25) is 5.91 Å². The number of terminal acetylenes is 1. The van der Waals surface area contributed by atoms with Crippen LogP contribution in [0, 0.1) is 18.3 Å². The van der Waals surface area contributed by atoms with Gasteiger partial charge in [-0.3, -0.25) is 9.79 Å². The summed E-state index contributed by atoms with van der Waals surface area (Å²) in [6.07, 6.45) is 5.38. The molecule has 5 nitrogen and oxygen atoms in total. The van der Waals surface area contributed by atoms with E-state index in [-0.39, 0.29) is 36.4 Å². The topological polar surface area (TPSA) is 56.7 Å². The van der Waals surface area contributed by atoms with E-state index in [0.717, 1.165) is 30.4 Å². The molecular formula is C19H27IN4OS. The molecule has 0 bridgehead atoms. The lowest BCUT2D eigenvalue weighted by atomic mass is 10.1. The molecule has 0 spiro atoms. The molecule has 0 aromatic heterocycles. The Balaban J connectivity index is 0.00000338. The summed E-state index contributed by atoms with van der Waals surface area (Å²) >= 11 is 2.01. The third kappa shape index (κ3) is 6.72. The second-order valence-corrected chi connectivity index (χ2v) is 7.62. The van der Waals surface area contributed by atoms with Crippen LogP contribution in [-0.4, -0.2) is 54.5 Å². The number of rotatable bonds is 4. The molecule has 0 aliphatic carbocycles. The molecule has 142 valence electrons. The van der Waals surface area contributed by atoms with Crippen molar-refractivity contribution in [2.75, 3.05) is 37.8 Å². The number of aliphatic imine (C=N–C) groups is 1. The number of hydrogen-bond acceptors (Lipinski definition) is 3. The fraction of sp³-hybridized carbons (Fsp3) is 0.474. The maximum absolute atomic E-state index is 12.2. The van der Waals surface area contributed by atoms with Crippen molar-refractivity contribution in [3.63, 3.8) is 0 Å². The Kier molecular flexibility index (Phi) is 9.88. The maximum atomic E-state index is 12.2. The lowest BCUT2D eigenvalue weighted by molar-refractivity contribution is -0.115. The molecule has 1 aromatic carbocycles. The number of halogens is 1. The van der Waals surface area contributed by atoms with Gasteiger partial charge < -0.3 is 15.5 Å². The van der Waals surface area contributed by atoms with Crippen LogP contribution in [0.3, 0.4) is 0 Å². The summed E-state index contributed by atoms with van der Waals surface area (Å²) in [6.45, 7) is 6.56. The number of guanidine groups is 1. The molecule has 1 heterocycles. The number of anilines is 1. The Morgan fingerprint density at radius 1 is 1.50 bits per heavy atom. The van der Waals surface area contributed by atoms with Gasteiger partial charge in [-0.2, -0.15) is 11.8 Å². The summed E-state index contributed by atoms with van der Waals surface area (Å²) in [7, 11) is 1.75. The van der Waals surface area contributed by atoms with E-state index in [0.29, 0.717) is 16.9 Å². The van der Waals surface area contributed by atoms with Crippen molar-refractivity contribution in [3.8, 4) is 12.3 Å².